The SMILES string of the molecule is CCC(C)CN(N)C(=O)OC(=O)C(=O)OC(=O)N(N)CC(C)CC. The van der Waals surface area contributed by atoms with E-state index in [-0.39, 0.29) is 24.9 Å². The van der Waals surface area contributed by atoms with Crippen LogP contribution in [0.15, 0.2) is 0 Å². The Morgan fingerprint density at radius 2 is 1.08 bits per heavy atom. The molecule has 138 valence electrons. The van der Waals surface area contributed by atoms with Crippen LogP contribution in [0.4, 0.5) is 9.59 Å². The van der Waals surface area contributed by atoms with Gasteiger partial charge in [-0.1, -0.05) is 40.5 Å². The second kappa shape index (κ2) is 10.6. The van der Waals surface area contributed by atoms with Crippen molar-refractivity contribution in [2.45, 2.75) is 40.5 Å². The number of hydrogen-bond donors (Lipinski definition) is 2. The lowest BCUT2D eigenvalue weighted by molar-refractivity contribution is -0.161. The van der Waals surface area contributed by atoms with Gasteiger partial charge >= 0.3 is 24.1 Å². The maximum Gasteiger partial charge on any atom is 0.432 e. The molecule has 0 bridgehead atoms. The lowest BCUT2D eigenvalue weighted by Gasteiger charge is -2.19. The Hall–Kier alpha value is -2.20. The topological polar surface area (TPSA) is 145 Å². The molecule has 0 spiro atoms. The summed E-state index contributed by atoms with van der Waals surface area (Å²) in [6.07, 6.45) is -0.912. The van der Waals surface area contributed by atoms with Gasteiger partial charge in [-0.25, -0.2) is 40.9 Å². The molecule has 2 amide bonds. The van der Waals surface area contributed by atoms with Crippen molar-refractivity contribution in [3.05, 3.63) is 0 Å². The third-order valence-electron chi connectivity index (χ3n) is 3.41. The Morgan fingerprint density at radius 3 is 1.33 bits per heavy atom. The molecule has 10 nitrogen and oxygen atoms in total. The minimum atomic E-state index is -1.65. The maximum absolute atomic E-state index is 11.5. The fourth-order valence-electron chi connectivity index (χ4n) is 1.44. The minimum absolute atomic E-state index is 0.0811. The molecule has 0 aliphatic rings. The predicted molar refractivity (Wildman–Crippen MR) is 83.7 cm³/mol. The van der Waals surface area contributed by atoms with E-state index >= 15 is 0 Å². The summed E-state index contributed by atoms with van der Waals surface area (Å²) in [5.41, 5.74) is 0. The van der Waals surface area contributed by atoms with Crippen molar-refractivity contribution in [3.8, 4) is 0 Å². The highest BCUT2D eigenvalue weighted by atomic mass is 16.7. The molecule has 2 atom stereocenters. The number of carbonyl (C=O) groups is 4. The predicted octanol–water partition coefficient (Wildman–Crippen LogP) is 0.756. The van der Waals surface area contributed by atoms with Gasteiger partial charge in [-0.2, -0.15) is 0 Å². The van der Waals surface area contributed by atoms with Gasteiger partial charge in [0.05, 0.1) is 0 Å². The molecule has 0 aromatic heterocycles. The van der Waals surface area contributed by atoms with Crippen molar-refractivity contribution in [1.82, 2.24) is 10.0 Å². The van der Waals surface area contributed by atoms with Crippen LogP contribution in [0.5, 0.6) is 0 Å². The molecular weight excluding hydrogens is 320 g/mol. The highest BCUT2D eigenvalue weighted by molar-refractivity contribution is 6.33. The van der Waals surface area contributed by atoms with Crippen LogP contribution in [0, 0.1) is 11.8 Å². The first-order chi connectivity index (χ1) is 11.1. The molecule has 0 rings (SSSR count). The van der Waals surface area contributed by atoms with Crippen LogP contribution in [0.1, 0.15) is 40.5 Å². The molecular formula is C14H26N4O6. The van der Waals surface area contributed by atoms with Crippen molar-refractivity contribution in [2.75, 3.05) is 13.1 Å². The van der Waals surface area contributed by atoms with Gasteiger partial charge in [-0.3, -0.25) is 0 Å². The monoisotopic (exact) mass is 346 g/mol. The summed E-state index contributed by atoms with van der Waals surface area (Å²) in [7, 11) is 0. The van der Waals surface area contributed by atoms with Gasteiger partial charge in [0.2, 0.25) is 0 Å². The van der Waals surface area contributed by atoms with Gasteiger partial charge in [0.15, 0.2) is 0 Å². The number of hydrazine groups is 2. The molecule has 0 fully saturated rings. The molecule has 24 heavy (non-hydrogen) atoms. The molecule has 0 aromatic rings. The summed E-state index contributed by atoms with van der Waals surface area (Å²) in [5.74, 6) is 7.71. The van der Waals surface area contributed by atoms with E-state index in [0.717, 1.165) is 12.8 Å². The third-order valence-corrected chi connectivity index (χ3v) is 3.41. The Labute approximate surface area is 140 Å². The zero-order valence-corrected chi connectivity index (χ0v) is 14.5. The Balaban J connectivity index is 4.43. The first-order valence-electron chi connectivity index (χ1n) is 7.68. The Kier molecular flexibility index (Phi) is 9.58. The molecule has 0 aliphatic heterocycles. The van der Waals surface area contributed by atoms with E-state index in [2.05, 4.69) is 9.47 Å². The zero-order chi connectivity index (χ0) is 18.9. The summed E-state index contributed by atoms with van der Waals surface area (Å²) in [4.78, 5) is 46.0. The van der Waals surface area contributed by atoms with E-state index < -0.39 is 24.1 Å². The zero-order valence-electron chi connectivity index (χ0n) is 14.5. The fourth-order valence-corrected chi connectivity index (χ4v) is 1.44. The Bertz CT molecular complexity index is 428. The number of rotatable bonds is 6. The van der Waals surface area contributed by atoms with Gasteiger partial charge in [-0.05, 0) is 11.8 Å². The van der Waals surface area contributed by atoms with Crippen LogP contribution in [0.3, 0.4) is 0 Å². The number of nitrogens with two attached hydrogens (primary N) is 2. The second-order valence-electron chi connectivity index (χ2n) is 5.64. The van der Waals surface area contributed by atoms with Gasteiger partial charge in [-0.15, -0.1) is 0 Å². The van der Waals surface area contributed by atoms with E-state index in [0.29, 0.717) is 10.0 Å². The number of carbonyl (C=O) groups excluding carboxylic acids is 4. The van der Waals surface area contributed by atoms with E-state index in [9.17, 15) is 19.2 Å². The van der Waals surface area contributed by atoms with E-state index in [4.69, 9.17) is 11.7 Å². The summed E-state index contributed by atoms with van der Waals surface area (Å²) in [6, 6.07) is 0. The Morgan fingerprint density at radius 1 is 0.792 bits per heavy atom. The lowest BCUT2D eigenvalue weighted by atomic mass is 10.1. The van der Waals surface area contributed by atoms with Crippen molar-refractivity contribution < 1.29 is 28.7 Å². The van der Waals surface area contributed by atoms with Crippen LogP contribution in [0.25, 0.3) is 0 Å². The molecule has 4 N–H and O–H groups in total. The van der Waals surface area contributed by atoms with Crippen LogP contribution in [-0.4, -0.2) is 47.2 Å². The minimum Gasteiger partial charge on any atom is -0.366 e. The second-order valence-corrected chi connectivity index (χ2v) is 5.64. The van der Waals surface area contributed by atoms with Crippen molar-refractivity contribution >= 4 is 24.1 Å². The van der Waals surface area contributed by atoms with Gasteiger partial charge < -0.3 is 9.47 Å². The molecule has 2 unspecified atom stereocenters. The largest absolute Gasteiger partial charge is 0.432 e. The molecule has 0 saturated heterocycles. The highest BCUT2D eigenvalue weighted by Gasteiger charge is 2.28. The van der Waals surface area contributed by atoms with Crippen LogP contribution < -0.4 is 11.7 Å². The molecule has 0 aromatic carbocycles. The average Bonchev–Trinajstić information content (AvgIpc) is 2.53. The lowest BCUT2D eigenvalue weighted by Crippen LogP contribution is -2.44. The van der Waals surface area contributed by atoms with E-state index in [1.807, 2.05) is 27.7 Å². The summed E-state index contributed by atoms with van der Waals surface area (Å²) in [6.45, 7) is 7.76. The molecule has 0 radical (unpaired) electrons. The molecule has 10 heteroatoms. The first kappa shape index (κ1) is 21.8. The number of nitrogens with zero attached hydrogens (tertiary/aromatic N) is 2. The van der Waals surface area contributed by atoms with E-state index in [1.54, 1.807) is 0 Å². The normalized spacial score (nSPS) is 12.8. The van der Waals surface area contributed by atoms with E-state index in [1.165, 1.54) is 0 Å². The van der Waals surface area contributed by atoms with Crippen LogP contribution in [0.2, 0.25) is 0 Å². The van der Waals surface area contributed by atoms with Crippen molar-refractivity contribution in [2.24, 2.45) is 23.5 Å². The third kappa shape index (κ3) is 7.88. The summed E-state index contributed by atoms with van der Waals surface area (Å²) < 4.78 is 8.48. The van der Waals surface area contributed by atoms with Crippen molar-refractivity contribution in [1.29, 1.82) is 0 Å². The quantitative estimate of drug-likeness (QED) is 0.179. The number of hydrogen-bond acceptors (Lipinski definition) is 8. The fraction of sp³-hybridized carbons (Fsp3) is 0.714. The van der Waals surface area contributed by atoms with Gasteiger partial charge in [0.25, 0.3) is 0 Å². The standard InChI is InChI=1S/C14H26N4O6/c1-5-9(3)7-17(15)13(21)23-11(19)12(20)24-14(22)18(16)8-10(4)6-2/h9-10H,5-8,15-16H2,1-4H3. The summed E-state index contributed by atoms with van der Waals surface area (Å²) in [5, 5.41) is 1.33. The van der Waals surface area contributed by atoms with Crippen molar-refractivity contribution in [3.63, 3.8) is 0 Å². The number of esters is 2. The molecule has 0 heterocycles. The smallest absolute Gasteiger partial charge is 0.366 e. The molecule has 0 saturated carbocycles. The summed E-state index contributed by atoms with van der Waals surface area (Å²) >= 11 is 0. The van der Waals surface area contributed by atoms with Gasteiger partial charge in [0.1, 0.15) is 0 Å². The average molecular weight is 346 g/mol. The van der Waals surface area contributed by atoms with Gasteiger partial charge in [0, 0.05) is 13.1 Å². The number of amides is 2. The maximum atomic E-state index is 11.5. The highest BCUT2D eigenvalue weighted by Crippen LogP contribution is 2.04. The number of ether oxygens (including phenoxy) is 2. The van der Waals surface area contributed by atoms with Crippen LogP contribution in [-0.2, 0) is 19.1 Å². The first-order valence-corrected chi connectivity index (χ1v) is 7.68. The molecule has 0 aliphatic carbocycles. The van der Waals surface area contributed by atoms with Crippen LogP contribution >= 0.6 is 0 Å².